The Labute approximate surface area is 241 Å². The maximum atomic E-state index is 13.8. The van der Waals surface area contributed by atoms with Crippen molar-refractivity contribution in [3.8, 4) is 11.5 Å². The summed E-state index contributed by atoms with van der Waals surface area (Å²) < 4.78 is 40.2. The smallest absolute Gasteiger partial charge is 0.260 e. The highest BCUT2D eigenvalue weighted by Crippen LogP contribution is 2.40. The molecule has 3 aromatic rings. The highest BCUT2D eigenvalue weighted by Gasteiger charge is 2.33. The molecule has 0 aliphatic carbocycles. The molecule has 2 heterocycles. The molecule has 0 radical (unpaired) electrons. The van der Waals surface area contributed by atoms with E-state index in [1.807, 2.05) is 32.0 Å². The number of halogens is 1. The maximum absolute atomic E-state index is 13.8. The summed E-state index contributed by atoms with van der Waals surface area (Å²) >= 11 is 1.36. The SMILES string of the molecule is CCC1CCCCN1S(=O)(=O)c1ccc(C(=O)N(CCN(C)C)c2nc3c(OC)ccc(OC)c3s2)cc1.Cl. The first-order valence-electron chi connectivity index (χ1n) is 12.8. The van der Waals surface area contributed by atoms with Gasteiger partial charge in [0.25, 0.3) is 5.91 Å². The van der Waals surface area contributed by atoms with Crippen LogP contribution in [-0.2, 0) is 10.0 Å². The van der Waals surface area contributed by atoms with Crippen LogP contribution >= 0.6 is 23.7 Å². The number of carbonyl (C=O) groups excluding carboxylic acids is 1. The number of rotatable bonds is 10. The quantitative estimate of drug-likeness (QED) is 0.329. The first-order valence-corrected chi connectivity index (χ1v) is 15.1. The first-order chi connectivity index (χ1) is 18.2. The monoisotopic (exact) mass is 596 g/mol. The predicted octanol–water partition coefficient (Wildman–Crippen LogP) is 4.90. The first kappa shape index (κ1) is 31.1. The zero-order valence-electron chi connectivity index (χ0n) is 23.0. The molecule has 1 aliphatic heterocycles. The lowest BCUT2D eigenvalue weighted by atomic mass is 10.0. The normalized spacial score (nSPS) is 16.2. The molecule has 9 nitrogen and oxygen atoms in total. The van der Waals surface area contributed by atoms with Gasteiger partial charge in [0, 0.05) is 31.2 Å². The summed E-state index contributed by atoms with van der Waals surface area (Å²) in [6, 6.07) is 9.90. The van der Waals surface area contributed by atoms with Crippen molar-refractivity contribution in [2.24, 2.45) is 0 Å². The van der Waals surface area contributed by atoms with Crippen LogP contribution in [0.25, 0.3) is 10.2 Å². The molecule has 39 heavy (non-hydrogen) atoms. The van der Waals surface area contributed by atoms with Crippen molar-refractivity contribution < 1.29 is 22.7 Å². The Bertz CT molecular complexity index is 1340. The van der Waals surface area contributed by atoms with Gasteiger partial charge >= 0.3 is 0 Å². The summed E-state index contributed by atoms with van der Waals surface area (Å²) in [6.07, 6.45) is 3.58. The summed E-state index contributed by atoms with van der Waals surface area (Å²) in [6.45, 7) is 3.58. The number of methoxy groups -OCH3 is 2. The number of sulfonamides is 1. The zero-order valence-corrected chi connectivity index (χ0v) is 25.5. The van der Waals surface area contributed by atoms with Gasteiger partial charge in [-0.3, -0.25) is 9.69 Å². The number of hydrogen-bond acceptors (Lipinski definition) is 8. The van der Waals surface area contributed by atoms with E-state index in [0.717, 1.165) is 30.4 Å². The minimum absolute atomic E-state index is 0. The van der Waals surface area contributed by atoms with Gasteiger partial charge in [0.2, 0.25) is 10.0 Å². The van der Waals surface area contributed by atoms with Crippen LogP contribution in [0.15, 0.2) is 41.3 Å². The topological polar surface area (TPSA) is 92.3 Å². The lowest BCUT2D eigenvalue weighted by molar-refractivity contribution is 0.0985. The summed E-state index contributed by atoms with van der Waals surface area (Å²) in [5, 5.41) is 0.519. The molecule has 1 unspecified atom stereocenters. The van der Waals surface area contributed by atoms with Crippen LogP contribution in [0, 0.1) is 0 Å². The molecule has 1 saturated heterocycles. The molecule has 2 aromatic carbocycles. The van der Waals surface area contributed by atoms with Crippen LogP contribution in [0.3, 0.4) is 0 Å². The van der Waals surface area contributed by atoms with Crippen LogP contribution in [0.1, 0.15) is 43.0 Å². The van der Waals surface area contributed by atoms with Gasteiger partial charge in [-0.2, -0.15) is 4.31 Å². The number of aromatic nitrogens is 1. The van der Waals surface area contributed by atoms with Crippen LogP contribution in [-0.4, -0.2) is 82.5 Å². The van der Waals surface area contributed by atoms with Crippen molar-refractivity contribution in [2.45, 2.75) is 43.5 Å². The third kappa shape index (κ3) is 6.49. The summed E-state index contributed by atoms with van der Waals surface area (Å²) in [4.78, 5) is 22.3. The highest BCUT2D eigenvalue weighted by atomic mass is 35.5. The number of fused-ring (bicyclic) bond motifs is 1. The number of amides is 1. The second-order valence-corrected chi connectivity index (χ2v) is 12.5. The van der Waals surface area contributed by atoms with Crippen molar-refractivity contribution in [3.05, 3.63) is 42.0 Å². The standard InChI is InChI=1S/C27H36N4O5S2.ClH/c1-6-20-9-7-8-16-31(20)38(33,34)21-12-10-19(11-13-21)26(32)30(18-17-29(2)3)27-28-24-22(35-4)14-15-23(36-5)25(24)37-27;/h10-15,20H,6-9,16-18H2,1-5H3;1H. The molecule has 0 bridgehead atoms. The Morgan fingerprint density at radius 1 is 1.05 bits per heavy atom. The Hall–Kier alpha value is -2.44. The number of ether oxygens (including phenoxy) is 2. The molecule has 1 aliphatic rings. The molecule has 4 rings (SSSR count). The van der Waals surface area contributed by atoms with Gasteiger partial charge in [-0.05, 0) is 69.8 Å². The van der Waals surface area contributed by atoms with Crippen molar-refractivity contribution in [3.63, 3.8) is 0 Å². The molecular weight excluding hydrogens is 560 g/mol. The number of carbonyl (C=O) groups is 1. The second-order valence-electron chi connectivity index (χ2n) is 9.60. The van der Waals surface area contributed by atoms with Crippen molar-refractivity contribution in [1.29, 1.82) is 0 Å². The lowest BCUT2D eigenvalue weighted by Crippen LogP contribution is -2.43. The van der Waals surface area contributed by atoms with Gasteiger partial charge in [-0.15, -0.1) is 12.4 Å². The molecule has 214 valence electrons. The Balaban J connectivity index is 0.00000420. The van der Waals surface area contributed by atoms with E-state index in [9.17, 15) is 13.2 Å². The third-order valence-electron chi connectivity index (χ3n) is 6.90. The highest BCUT2D eigenvalue weighted by molar-refractivity contribution is 7.89. The van der Waals surface area contributed by atoms with E-state index in [1.54, 1.807) is 53.8 Å². The molecule has 0 N–H and O–H groups in total. The molecule has 1 atom stereocenters. The number of nitrogens with zero attached hydrogens (tertiary/aromatic N) is 4. The molecular formula is C27H37ClN4O5S2. The fourth-order valence-electron chi connectivity index (χ4n) is 4.73. The zero-order chi connectivity index (χ0) is 27.4. The van der Waals surface area contributed by atoms with E-state index in [4.69, 9.17) is 14.5 Å². The maximum Gasteiger partial charge on any atom is 0.260 e. The molecule has 1 fully saturated rings. The number of likely N-dealkylation sites (N-methyl/N-ethyl adjacent to an activating group) is 1. The van der Waals surface area contributed by atoms with E-state index in [-0.39, 0.29) is 29.3 Å². The number of piperidine rings is 1. The van der Waals surface area contributed by atoms with Crippen LogP contribution in [0.2, 0.25) is 0 Å². The molecule has 1 amide bonds. The van der Waals surface area contributed by atoms with E-state index in [1.165, 1.54) is 11.3 Å². The minimum atomic E-state index is -3.63. The van der Waals surface area contributed by atoms with Crippen molar-refractivity contribution in [2.75, 3.05) is 52.8 Å². The number of anilines is 1. The molecule has 12 heteroatoms. The van der Waals surface area contributed by atoms with Gasteiger partial charge < -0.3 is 14.4 Å². The number of hydrogen-bond donors (Lipinski definition) is 0. The summed E-state index contributed by atoms with van der Waals surface area (Å²) in [5.74, 6) is 1.00. The Morgan fingerprint density at radius 2 is 1.72 bits per heavy atom. The number of thiazole rings is 1. The largest absolute Gasteiger partial charge is 0.495 e. The van der Waals surface area contributed by atoms with Gasteiger partial charge in [0.15, 0.2) is 5.13 Å². The molecule has 0 saturated carbocycles. The Kier molecular flexibility index (Phi) is 10.6. The lowest BCUT2D eigenvalue weighted by Gasteiger charge is -2.34. The van der Waals surface area contributed by atoms with Gasteiger partial charge in [0.05, 0.1) is 19.1 Å². The van der Waals surface area contributed by atoms with Crippen molar-refractivity contribution >= 4 is 55.0 Å². The fourth-order valence-corrected chi connectivity index (χ4v) is 7.60. The van der Waals surface area contributed by atoms with Gasteiger partial charge in [-0.25, -0.2) is 13.4 Å². The van der Waals surface area contributed by atoms with E-state index < -0.39 is 10.0 Å². The van der Waals surface area contributed by atoms with Crippen LogP contribution in [0.5, 0.6) is 11.5 Å². The van der Waals surface area contributed by atoms with E-state index >= 15 is 0 Å². The average molecular weight is 597 g/mol. The third-order valence-corrected chi connectivity index (χ3v) is 9.96. The van der Waals surface area contributed by atoms with Crippen LogP contribution in [0.4, 0.5) is 5.13 Å². The van der Waals surface area contributed by atoms with Crippen LogP contribution < -0.4 is 14.4 Å². The predicted molar refractivity (Wildman–Crippen MR) is 158 cm³/mol. The molecule has 1 aromatic heterocycles. The molecule has 0 spiro atoms. The van der Waals surface area contributed by atoms with E-state index in [0.29, 0.717) is 47.3 Å². The van der Waals surface area contributed by atoms with Gasteiger partial charge in [0.1, 0.15) is 21.7 Å². The number of benzene rings is 2. The summed E-state index contributed by atoms with van der Waals surface area (Å²) in [5.41, 5.74) is 1.02. The van der Waals surface area contributed by atoms with E-state index in [2.05, 4.69) is 0 Å². The average Bonchev–Trinajstić information content (AvgIpc) is 3.37. The fraction of sp³-hybridized carbons (Fsp3) is 0.481. The second kappa shape index (κ2) is 13.3. The summed E-state index contributed by atoms with van der Waals surface area (Å²) in [7, 11) is 3.43. The van der Waals surface area contributed by atoms with Crippen molar-refractivity contribution in [1.82, 2.24) is 14.2 Å². The Morgan fingerprint density at radius 3 is 2.33 bits per heavy atom. The minimum Gasteiger partial charge on any atom is -0.495 e. The van der Waals surface area contributed by atoms with Gasteiger partial charge in [-0.1, -0.05) is 24.7 Å².